The summed E-state index contributed by atoms with van der Waals surface area (Å²) in [6.45, 7) is 3.55. The van der Waals surface area contributed by atoms with Gasteiger partial charge in [0.15, 0.2) is 0 Å². The van der Waals surface area contributed by atoms with Gasteiger partial charge in [-0.25, -0.2) is 0 Å². The highest BCUT2D eigenvalue weighted by atomic mass is 79.9. The van der Waals surface area contributed by atoms with Crippen LogP contribution >= 0.6 is 43.2 Å². The number of alkyl halides is 1. The smallest absolute Gasteiger partial charge is 0.0701 e. The summed E-state index contributed by atoms with van der Waals surface area (Å²) in [4.78, 5) is 4.68. The normalized spacial score (nSPS) is 24.0. The van der Waals surface area contributed by atoms with Crippen molar-refractivity contribution in [1.29, 1.82) is 0 Å². The van der Waals surface area contributed by atoms with Crippen molar-refractivity contribution in [2.45, 2.75) is 24.2 Å². The fourth-order valence-corrected chi connectivity index (χ4v) is 4.06. The molecule has 2 heterocycles. The van der Waals surface area contributed by atoms with E-state index in [0.717, 1.165) is 6.54 Å². The molecule has 14 heavy (non-hydrogen) atoms. The minimum Gasteiger partial charge on any atom is -0.297 e. The maximum Gasteiger partial charge on any atom is 0.0701 e. The fraction of sp³-hybridized carbons (Fsp3) is 0.600. The molecule has 0 bridgehead atoms. The maximum absolute atomic E-state index is 3.70. The Labute approximate surface area is 106 Å². The van der Waals surface area contributed by atoms with Crippen molar-refractivity contribution in [3.05, 3.63) is 20.8 Å². The second-order valence-electron chi connectivity index (χ2n) is 3.68. The van der Waals surface area contributed by atoms with E-state index in [2.05, 4.69) is 48.9 Å². The first kappa shape index (κ1) is 11.1. The molecule has 1 saturated heterocycles. The molecule has 0 N–H and O–H groups in total. The first-order valence-electron chi connectivity index (χ1n) is 4.84. The third-order valence-corrected chi connectivity index (χ3v) is 4.81. The molecule has 1 aliphatic rings. The minimum atomic E-state index is 0.694. The van der Waals surface area contributed by atoms with E-state index in [0.29, 0.717) is 4.83 Å². The predicted molar refractivity (Wildman–Crippen MR) is 69.2 cm³/mol. The largest absolute Gasteiger partial charge is 0.297 e. The molecule has 0 spiro atoms. The standard InChI is InChI=1S/C10H13Br2NS/c11-8-2-1-5-13(6-8)7-9-3-4-10(12)14-9/h3-4,8H,1-2,5-7H2. The molecule has 0 aliphatic carbocycles. The van der Waals surface area contributed by atoms with Gasteiger partial charge in [-0.15, -0.1) is 11.3 Å². The number of piperidine rings is 1. The topological polar surface area (TPSA) is 3.24 Å². The molecule has 2 rings (SSSR count). The Hall–Kier alpha value is 0.620. The van der Waals surface area contributed by atoms with Crippen LogP contribution in [-0.2, 0) is 6.54 Å². The van der Waals surface area contributed by atoms with Gasteiger partial charge >= 0.3 is 0 Å². The maximum atomic E-state index is 3.70. The van der Waals surface area contributed by atoms with Crippen molar-refractivity contribution in [2.24, 2.45) is 0 Å². The van der Waals surface area contributed by atoms with Gasteiger partial charge in [0.2, 0.25) is 0 Å². The molecule has 0 radical (unpaired) electrons. The molecule has 0 aromatic carbocycles. The van der Waals surface area contributed by atoms with Crippen LogP contribution in [0.25, 0.3) is 0 Å². The van der Waals surface area contributed by atoms with Crippen molar-refractivity contribution in [2.75, 3.05) is 13.1 Å². The zero-order valence-corrected chi connectivity index (χ0v) is 11.9. The fourth-order valence-electron chi connectivity index (χ4n) is 1.80. The highest BCUT2D eigenvalue weighted by Crippen LogP contribution is 2.25. The number of rotatable bonds is 2. The Balaban J connectivity index is 1.90. The summed E-state index contributed by atoms with van der Waals surface area (Å²) < 4.78 is 1.24. The van der Waals surface area contributed by atoms with Crippen LogP contribution in [0.2, 0.25) is 0 Å². The van der Waals surface area contributed by atoms with E-state index >= 15 is 0 Å². The second-order valence-corrected chi connectivity index (χ2v) is 7.52. The van der Waals surface area contributed by atoms with E-state index in [-0.39, 0.29) is 0 Å². The molecule has 1 nitrogen and oxygen atoms in total. The van der Waals surface area contributed by atoms with E-state index in [1.165, 1.54) is 34.6 Å². The van der Waals surface area contributed by atoms with E-state index in [4.69, 9.17) is 0 Å². The first-order chi connectivity index (χ1) is 6.74. The van der Waals surface area contributed by atoms with Crippen LogP contribution < -0.4 is 0 Å². The zero-order chi connectivity index (χ0) is 9.97. The van der Waals surface area contributed by atoms with Crippen LogP contribution in [-0.4, -0.2) is 22.8 Å². The monoisotopic (exact) mass is 337 g/mol. The van der Waals surface area contributed by atoms with Crippen LogP contribution in [0.4, 0.5) is 0 Å². The Bertz CT molecular complexity index is 300. The molecule has 0 amide bonds. The van der Waals surface area contributed by atoms with Crippen LogP contribution in [0.3, 0.4) is 0 Å². The van der Waals surface area contributed by atoms with E-state index in [1.54, 1.807) is 0 Å². The molecule has 78 valence electrons. The van der Waals surface area contributed by atoms with Gasteiger partial charge in [-0.05, 0) is 47.4 Å². The summed E-state index contributed by atoms with van der Waals surface area (Å²) in [5, 5.41) is 0. The summed E-state index contributed by atoms with van der Waals surface area (Å²) in [6, 6.07) is 4.35. The third kappa shape index (κ3) is 3.05. The number of hydrogen-bond acceptors (Lipinski definition) is 2. The Morgan fingerprint density at radius 3 is 3.00 bits per heavy atom. The molecule has 0 saturated carbocycles. The van der Waals surface area contributed by atoms with Crippen molar-refractivity contribution >= 4 is 43.2 Å². The number of halogens is 2. The SMILES string of the molecule is Brc1ccc(CN2CCCC(Br)C2)s1. The molecule has 1 atom stereocenters. The Morgan fingerprint density at radius 1 is 1.50 bits per heavy atom. The van der Waals surface area contributed by atoms with Crippen LogP contribution in [0, 0.1) is 0 Å². The molecular weight excluding hydrogens is 326 g/mol. The van der Waals surface area contributed by atoms with Crippen molar-refractivity contribution in [1.82, 2.24) is 4.90 Å². The van der Waals surface area contributed by atoms with E-state index in [1.807, 2.05) is 11.3 Å². The van der Waals surface area contributed by atoms with Crippen LogP contribution in [0.1, 0.15) is 17.7 Å². The Kier molecular flexibility index (Phi) is 4.05. The Morgan fingerprint density at radius 2 is 2.36 bits per heavy atom. The summed E-state index contributed by atoms with van der Waals surface area (Å²) in [7, 11) is 0. The molecule has 1 aromatic heterocycles. The number of likely N-dealkylation sites (tertiary alicyclic amines) is 1. The molecule has 4 heteroatoms. The lowest BCUT2D eigenvalue weighted by atomic mass is 10.1. The molecule has 1 unspecified atom stereocenters. The van der Waals surface area contributed by atoms with Gasteiger partial charge in [0.25, 0.3) is 0 Å². The van der Waals surface area contributed by atoms with Gasteiger partial charge < -0.3 is 0 Å². The number of thiophene rings is 1. The minimum absolute atomic E-state index is 0.694. The third-order valence-electron chi connectivity index (χ3n) is 2.46. The number of nitrogens with zero attached hydrogens (tertiary/aromatic N) is 1. The van der Waals surface area contributed by atoms with Gasteiger partial charge in [0.1, 0.15) is 0 Å². The van der Waals surface area contributed by atoms with E-state index < -0.39 is 0 Å². The first-order valence-corrected chi connectivity index (χ1v) is 7.37. The van der Waals surface area contributed by atoms with Gasteiger partial charge in [-0.1, -0.05) is 15.9 Å². The second kappa shape index (κ2) is 5.10. The zero-order valence-electron chi connectivity index (χ0n) is 7.88. The summed E-state index contributed by atoms with van der Waals surface area (Å²) in [5.74, 6) is 0. The lowest BCUT2D eigenvalue weighted by molar-refractivity contribution is 0.229. The van der Waals surface area contributed by atoms with Gasteiger partial charge in [0, 0.05) is 22.8 Å². The summed E-state index contributed by atoms with van der Waals surface area (Å²) in [6.07, 6.45) is 2.65. The summed E-state index contributed by atoms with van der Waals surface area (Å²) in [5.41, 5.74) is 0. The van der Waals surface area contributed by atoms with Crippen molar-refractivity contribution in [3.63, 3.8) is 0 Å². The molecular formula is C10H13Br2NS. The lowest BCUT2D eigenvalue weighted by Gasteiger charge is -2.29. The summed E-state index contributed by atoms with van der Waals surface area (Å²) >= 11 is 9.04. The van der Waals surface area contributed by atoms with Crippen molar-refractivity contribution < 1.29 is 0 Å². The lowest BCUT2D eigenvalue weighted by Crippen LogP contribution is -2.34. The predicted octanol–water partition coefficient (Wildman–Crippen LogP) is 3.87. The molecule has 1 aromatic rings. The number of hydrogen-bond donors (Lipinski definition) is 0. The van der Waals surface area contributed by atoms with Gasteiger partial charge in [0.05, 0.1) is 3.79 Å². The van der Waals surface area contributed by atoms with Crippen LogP contribution in [0.15, 0.2) is 15.9 Å². The van der Waals surface area contributed by atoms with Gasteiger partial charge in [-0.3, -0.25) is 4.90 Å². The van der Waals surface area contributed by atoms with Crippen LogP contribution in [0.5, 0.6) is 0 Å². The average molecular weight is 339 g/mol. The quantitative estimate of drug-likeness (QED) is 0.740. The highest BCUT2D eigenvalue weighted by Gasteiger charge is 2.17. The molecule has 1 aliphatic heterocycles. The highest BCUT2D eigenvalue weighted by molar-refractivity contribution is 9.11. The van der Waals surface area contributed by atoms with Crippen molar-refractivity contribution in [3.8, 4) is 0 Å². The molecule has 1 fully saturated rings. The van der Waals surface area contributed by atoms with E-state index in [9.17, 15) is 0 Å². The average Bonchev–Trinajstić information content (AvgIpc) is 2.51. The van der Waals surface area contributed by atoms with Gasteiger partial charge in [-0.2, -0.15) is 0 Å².